The Morgan fingerprint density at radius 3 is 2.47 bits per heavy atom. The second-order valence-corrected chi connectivity index (χ2v) is 5.80. The number of amides is 1. The lowest BCUT2D eigenvalue weighted by atomic mass is 9.94. The summed E-state index contributed by atoms with van der Waals surface area (Å²) < 4.78 is 4.93. The van der Waals surface area contributed by atoms with Crippen LogP contribution in [0.25, 0.3) is 0 Å². The third-order valence-electron chi connectivity index (χ3n) is 4.02. The van der Waals surface area contributed by atoms with Gasteiger partial charge in [0.2, 0.25) is 5.91 Å². The van der Waals surface area contributed by atoms with Gasteiger partial charge in [0.25, 0.3) is 0 Å². The summed E-state index contributed by atoms with van der Waals surface area (Å²) in [5.74, 6) is -0.305. The highest BCUT2D eigenvalue weighted by molar-refractivity contribution is 5.83. The summed E-state index contributed by atoms with van der Waals surface area (Å²) in [5, 5.41) is 0. The van der Waals surface area contributed by atoms with Crippen LogP contribution in [0.15, 0.2) is 0 Å². The van der Waals surface area contributed by atoms with Crippen LogP contribution in [0.4, 0.5) is 0 Å². The number of hydrogen-bond donors (Lipinski definition) is 1. The van der Waals surface area contributed by atoms with Crippen LogP contribution in [-0.2, 0) is 14.3 Å². The Kier molecular flexibility index (Phi) is 4.45. The van der Waals surface area contributed by atoms with Crippen LogP contribution in [0.1, 0.15) is 51.9 Å². The summed E-state index contributed by atoms with van der Waals surface area (Å²) in [4.78, 5) is 25.6. The molecule has 0 aromatic rings. The Labute approximate surface area is 114 Å². The quantitative estimate of drug-likeness (QED) is 0.735. The van der Waals surface area contributed by atoms with E-state index >= 15 is 0 Å². The van der Waals surface area contributed by atoms with Crippen LogP contribution in [0.5, 0.6) is 0 Å². The number of carbonyl (C=O) groups excluding carboxylic acids is 2. The molecule has 5 heteroatoms. The minimum absolute atomic E-state index is 0.0138. The van der Waals surface area contributed by atoms with Crippen molar-refractivity contribution in [2.45, 2.75) is 63.5 Å². The maximum absolute atomic E-state index is 12.4. The van der Waals surface area contributed by atoms with Crippen molar-refractivity contribution in [2.24, 2.45) is 5.73 Å². The summed E-state index contributed by atoms with van der Waals surface area (Å²) in [6.07, 6.45) is 6.37. The number of nitrogens with two attached hydrogens (primary N) is 1. The minimum atomic E-state index is -0.348. The molecule has 2 rings (SSSR count). The van der Waals surface area contributed by atoms with Crippen LogP contribution in [0.3, 0.4) is 0 Å². The first-order chi connectivity index (χ1) is 9.04. The molecule has 2 fully saturated rings. The summed E-state index contributed by atoms with van der Waals surface area (Å²) in [7, 11) is 0. The molecule has 0 aromatic carbocycles. The molecule has 19 heavy (non-hydrogen) atoms. The van der Waals surface area contributed by atoms with Crippen molar-refractivity contribution in [1.29, 1.82) is 0 Å². The van der Waals surface area contributed by atoms with E-state index in [-0.39, 0.29) is 30.0 Å². The van der Waals surface area contributed by atoms with Gasteiger partial charge in [-0.1, -0.05) is 12.8 Å². The molecule has 5 nitrogen and oxygen atoms in total. The Hall–Kier alpha value is -1.10. The Morgan fingerprint density at radius 2 is 1.95 bits per heavy atom. The van der Waals surface area contributed by atoms with Crippen molar-refractivity contribution in [1.82, 2.24) is 4.90 Å². The Morgan fingerprint density at radius 1 is 1.32 bits per heavy atom. The first-order valence-corrected chi connectivity index (χ1v) is 7.28. The van der Waals surface area contributed by atoms with E-state index in [0.29, 0.717) is 13.0 Å². The van der Waals surface area contributed by atoms with Gasteiger partial charge in [-0.05, 0) is 32.6 Å². The average Bonchev–Trinajstić information content (AvgIpc) is 3.09. The summed E-state index contributed by atoms with van der Waals surface area (Å²) in [6, 6.07) is 0.224. The third-order valence-corrected chi connectivity index (χ3v) is 4.02. The molecule has 0 saturated heterocycles. The second-order valence-electron chi connectivity index (χ2n) is 5.80. The SMILES string of the molecule is CCOC(=O)CN(C(=O)CC1(N)CCCC1)C1CC1. The Balaban J connectivity index is 1.91. The summed E-state index contributed by atoms with van der Waals surface area (Å²) >= 11 is 0. The van der Waals surface area contributed by atoms with Gasteiger partial charge in [0.15, 0.2) is 0 Å². The van der Waals surface area contributed by atoms with Gasteiger partial charge in [-0.15, -0.1) is 0 Å². The highest BCUT2D eigenvalue weighted by Crippen LogP contribution is 2.33. The zero-order valence-electron chi connectivity index (χ0n) is 11.7. The zero-order chi connectivity index (χ0) is 13.9. The number of rotatable bonds is 6. The first-order valence-electron chi connectivity index (χ1n) is 7.28. The van der Waals surface area contributed by atoms with Crippen molar-refractivity contribution in [2.75, 3.05) is 13.2 Å². The zero-order valence-corrected chi connectivity index (χ0v) is 11.7. The lowest BCUT2D eigenvalue weighted by Gasteiger charge is -2.28. The van der Waals surface area contributed by atoms with Gasteiger partial charge >= 0.3 is 5.97 Å². The summed E-state index contributed by atoms with van der Waals surface area (Å²) in [6.45, 7) is 2.20. The van der Waals surface area contributed by atoms with Crippen LogP contribution in [-0.4, -0.2) is 41.5 Å². The van der Waals surface area contributed by atoms with Gasteiger partial charge in [-0.25, -0.2) is 0 Å². The molecule has 0 atom stereocenters. The number of esters is 1. The van der Waals surface area contributed by atoms with E-state index in [2.05, 4.69) is 0 Å². The molecule has 0 aliphatic heterocycles. The van der Waals surface area contributed by atoms with E-state index in [4.69, 9.17) is 10.5 Å². The van der Waals surface area contributed by atoms with Crippen LogP contribution >= 0.6 is 0 Å². The maximum Gasteiger partial charge on any atom is 0.325 e. The van der Waals surface area contributed by atoms with Crippen molar-refractivity contribution >= 4 is 11.9 Å². The van der Waals surface area contributed by atoms with Gasteiger partial charge in [-0.2, -0.15) is 0 Å². The molecule has 0 radical (unpaired) electrons. The molecular weight excluding hydrogens is 244 g/mol. The minimum Gasteiger partial charge on any atom is -0.465 e. The van der Waals surface area contributed by atoms with Gasteiger partial charge in [-0.3, -0.25) is 9.59 Å². The number of nitrogens with zero attached hydrogens (tertiary/aromatic N) is 1. The van der Waals surface area contributed by atoms with E-state index in [9.17, 15) is 9.59 Å². The molecule has 2 N–H and O–H groups in total. The predicted octanol–water partition coefficient (Wildman–Crippen LogP) is 1.20. The van der Waals surface area contributed by atoms with Gasteiger partial charge in [0.05, 0.1) is 6.61 Å². The molecule has 0 spiro atoms. The lowest BCUT2D eigenvalue weighted by Crippen LogP contribution is -2.46. The first kappa shape index (κ1) is 14.3. The monoisotopic (exact) mass is 268 g/mol. The molecular formula is C14H24N2O3. The molecule has 0 bridgehead atoms. The van der Waals surface area contributed by atoms with Crippen LogP contribution in [0, 0.1) is 0 Å². The highest BCUT2D eigenvalue weighted by atomic mass is 16.5. The lowest BCUT2D eigenvalue weighted by molar-refractivity contribution is -0.149. The number of hydrogen-bond acceptors (Lipinski definition) is 4. The van der Waals surface area contributed by atoms with E-state index in [0.717, 1.165) is 38.5 Å². The fraction of sp³-hybridized carbons (Fsp3) is 0.857. The molecule has 0 heterocycles. The normalized spacial score (nSPS) is 21.2. The van der Waals surface area contributed by atoms with Crippen molar-refractivity contribution in [3.05, 3.63) is 0 Å². The van der Waals surface area contributed by atoms with Crippen LogP contribution in [0.2, 0.25) is 0 Å². The highest BCUT2D eigenvalue weighted by Gasteiger charge is 2.38. The predicted molar refractivity (Wildman–Crippen MR) is 71.4 cm³/mol. The molecule has 2 saturated carbocycles. The van der Waals surface area contributed by atoms with E-state index in [1.165, 1.54) is 0 Å². The fourth-order valence-corrected chi connectivity index (χ4v) is 2.81. The molecule has 0 unspecified atom stereocenters. The smallest absolute Gasteiger partial charge is 0.325 e. The number of carbonyl (C=O) groups is 2. The standard InChI is InChI=1S/C14H24N2O3/c1-2-19-13(18)10-16(11-5-6-11)12(17)9-14(15)7-3-4-8-14/h11H,2-10,15H2,1H3. The summed E-state index contributed by atoms with van der Waals surface area (Å²) in [5.41, 5.74) is 5.90. The number of ether oxygens (including phenoxy) is 1. The Bertz CT molecular complexity index is 347. The molecule has 2 aliphatic carbocycles. The van der Waals surface area contributed by atoms with Gasteiger partial charge in [0.1, 0.15) is 6.54 Å². The second kappa shape index (κ2) is 5.90. The molecule has 1 amide bonds. The van der Waals surface area contributed by atoms with Crippen LogP contribution < -0.4 is 5.73 Å². The largest absolute Gasteiger partial charge is 0.465 e. The van der Waals surface area contributed by atoms with E-state index in [1.54, 1.807) is 11.8 Å². The van der Waals surface area contributed by atoms with Gasteiger partial charge < -0.3 is 15.4 Å². The van der Waals surface area contributed by atoms with Crippen molar-refractivity contribution in [3.8, 4) is 0 Å². The third kappa shape index (κ3) is 3.93. The van der Waals surface area contributed by atoms with Gasteiger partial charge in [0, 0.05) is 18.0 Å². The van der Waals surface area contributed by atoms with Crippen molar-refractivity contribution < 1.29 is 14.3 Å². The van der Waals surface area contributed by atoms with E-state index < -0.39 is 0 Å². The fourth-order valence-electron chi connectivity index (χ4n) is 2.81. The molecule has 2 aliphatic rings. The van der Waals surface area contributed by atoms with Crippen molar-refractivity contribution in [3.63, 3.8) is 0 Å². The topological polar surface area (TPSA) is 72.6 Å². The van der Waals surface area contributed by atoms with E-state index in [1.807, 2.05) is 0 Å². The average molecular weight is 268 g/mol. The molecule has 0 aromatic heterocycles. The molecule has 108 valence electrons. The maximum atomic E-state index is 12.4.